The van der Waals surface area contributed by atoms with Crippen LogP contribution in [-0.2, 0) is 17.7 Å². The summed E-state index contributed by atoms with van der Waals surface area (Å²) in [6.07, 6.45) is 8.25. The van der Waals surface area contributed by atoms with Crippen molar-refractivity contribution < 1.29 is 14.3 Å². The summed E-state index contributed by atoms with van der Waals surface area (Å²) >= 11 is 0. The Morgan fingerprint density at radius 2 is 1.95 bits per heavy atom. The summed E-state index contributed by atoms with van der Waals surface area (Å²) in [5, 5.41) is 1.13. The highest BCUT2D eigenvalue weighted by Crippen LogP contribution is 2.41. The molecule has 0 bridgehead atoms. The molecule has 5 heterocycles. The summed E-state index contributed by atoms with van der Waals surface area (Å²) in [4.78, 5) is 29.9. The van der Waals surface area contributed by atoms with Crippen LogP contribution in [0.3, 0.4) is 0 Å². The Kier molecular flexibility index (Phi) is 6.64. The summed E-state index contributed by atoms with van der Waals surface area (Å²) in [5.74, 6) is 0.605. The largest absolute Gasteiger partial charge is 0.481 e. The Morgan fingerprint density at radius 3 is 2.75 bits per heavy atom. The van der Waals surface area contributed by atoms with E-state index in [9.17, 15) is 4.79 Å². The Hall–Kier alpha value is -4.07. The zero-order valence-corrected chi connectivity index (χ0v) is 24.0. The minimum atomic E-state index is -0.543. The lowest BCUT2D eigenvalue weighted by atomic mass is 9.86. The molecule has 1 aromatic carbocycles. The predicted molar refractivity (Wildman–Crippen MR) is 157 cm³/mol. The van der Waals surface area contributed by atoms with Gasteiger partial charge in [0.25, 0.3) is 0 Å². The standard InChI is InChI=1S/C32H37N5O3/c1-20-17-34-30-25(20)15-23(18-35-30)22-13-21-9-12-36(24-8-10-33-29(16-24)39-5)19-27(21)26(14-22)28-7-6-11-37(28)31(38)40-32(2,3)4/h8,10,13-18,28H,6-7,9,11-12,19H2,1-5H3,(H,34,35)/t28-/m0/s1. The lowest BCUT2D eigenvalue weighted by Gasteiger charge is -2.35. The number of benzene rings is 1. The van der Waals surface area contributed by atoms with Crippen molar-refractivity contribution in [3.8, 4) is 17.0 Å². The summed E-state index contributed by atoms with van der Waals surface area (Å²) < 4.78 is 11.2. The molecule has 0 radical (unpaired) electrons. The van der Waals surface area contributed by atoms with Gasteiger partial charge < -0.3 is 24.3 Å². The number of carbonyl (C=O) groups excluding carboxylic acids is 1. The molecule has 1 atom stereocenters. The third-order valence-electron chi connectivity index (χ3n) is 7.98. The number of methoxy groups -OCH3 is 1. The molecule has 4 aromatic rings. The number of hydrogen-bond acceptors (Lipinski definition) is 6. The van der Waals surface area contributed by atoms with E-state index >= 15 is 0 Å². The Bertz CT molecular complexity index is 1570. The summed E-state index contributed by atoms with van der Waals surface area (Å²) in [6.45, 7) is 10.2. The van der Waals surface area contributed by atoms with E-state index in [1.807, 2.05) is 50.2 Å². The van der Waals surface area contributed by atoms with E-state index in [0.29, 0.717) is 12.4 Å². The number of aromatic amines is 1. The maximum atomic E-state index is 13.3. The van der Waals surface area contributed by atoms with Crippen molar-refractivity contribution >= 4 is 22.8 Å². The van der Waals surface area contributed by atoms with Gasteiger partial charge in [-0.05, 0) is 93.0 Å². The van der Waals surface area contributed by atoms with E-state index in [2.05, 4.69) is 40.0 Å². The SMILES string of the molecule is COc1cc(N2CCc3cc(-c4cnc5[nH]cc(C)c5c4)cc([C@@H]4CCCN4C(=O)OC(C)(C)C)c3C2)ccn1. The molecule has 6 rings (SSSR count). The Morgan fingerprint density at radius 1 is 1.10 bits per heavy atom. The number of rotatable bonds is 4. The van der Waals surface area contributed by atoms with Gasteiger partial charge in [0.1, 0.15) is 11.2 Å². The number of aryl methyl sites for hydroxylation is 1. The predicted octanol–water partition coefficient (Wildman–Crippen LogP) is 6.58. The smallest absolute Gasteiger partial charge is 0.410 e. The number of ether oxygens (including phenoxy) is 2. The fourth-order valence-electron chi connectivity index (χ4n) is 6.01. The number of nitrogens with one attached hydrogen (secondary N) is 1. The summed E-state index contributed by atoms with van der Waals surface area (Å²) in [7, 11) is 1.64. The molecular weight excluding hydrogens is 502 g/mol. The number of H-pyrrole nitrogens is 1. The van der Waals surface area contributed by atoms with Gasteiger partial charge in [0.2, 0.25) is 5.88 Å². The second-order valence-corrected chi connectivity index (χ2v) is 11.9. The van der Waals surface area contributed by atoms with Crippen LogP contribution in [0.1, 0.15) is 61.9 Å². The van der Waals surface area contributed by atoms with E-state index in [0.717, 1.165) is 60.2 Å². The minimum Gasteiger partial charge on any atom is -0.481 e. The fraction of sp³-hybridized carbons (Fsp3) is 0.406. The van der Waals surface area contributed by atoms with Crippen molar-refractivity contribution in [1.82, 2.24) is 19.9 Å². The van der Waals surface area contributed by atoms with Gasteiger partial charge in [0.15, 0.2) is 0 Å². The molecule has 2 aliphatic rings. The quantitative estimate of drug-likeness (QED) is 0.316. The van der Waals surface area contributed by atoms with Crippen LogP contribution < -0.4 is 9.64 Å². The molecular formula is C32H37N5O3. The number of carbonyl (C=O) groups is 1. The zero-order chi connectivity index (χ0) is 28.0. The van der Waals surface area contributed by atoms with Crippen LogP contribution in [0.15, 0.2) is 48.9 Å². The monoisotopic (exact) mass is 539 g/mol. The fourth-order valence-corrected chi connectivity index (χ4v) is 6.01. The molecule has 0 unspecified atom stereocenters. The third kappa shape index (κ3) is 4.98. The van der Waals surface area contributed by atoms with E-state index in [1.165, 1.54) is 22.3 Å². The number of nitrogens with zero attached hydrogens (tertiary/aromatic N) is 4. The average Bonchev–Trinajstić information content (AvgIpc) is 3.58. The first-order chi connectivity index (χ1) is 19.2. The molecule has 1 N–H and O–H groups in total. The van der Waals surface area contributed by atoms with Crippen LogP contribution in [0.25, 0.3) is 22.2 Å². The maximum absolute atomic E-state index is 13.3. The first-order valence-electron chi connectivity index (χ1n) is 14.0. The van der Waals surface area contributed by atoms with Gasteiger partial charge in [-0.3, -0.25) is 0 Å². The number of aromatic nitrogens is 3. The number of likely N-dealkylation sites (tertiary alicyclic amines) is 1. The van der Waals surface area contributed by atoms with Crippen LogP contribution in [0.5, 0.6) is 5.88 Å². The molecule has 8 heteroatoms. The van der Waals surface area contributed by atoms with E-state index < -0.39 is 5.60 Å². The second kappa shape index (κ2) is 10.2. The van der Waals surface area contributed by atoms with E-state index in [4.69, 9.17) is 14.5 Å². The van der Waals surface area contributed by atoms with Gasteiger partial charge in [-0.2, -0.15) is 0 Å². The molecule has 1 amide bonds. The van der Waals surface area contributed by atoms with Gasteiger partial charge in [-0.15, -0.1) is 0 Å². The van der Waals surface area contributed by atoms with Gasteiger partial charge >= 0.3 is 6.09 Å². The number of fused-ring (bicyclic) bond motifs is 2. The van der Waals surface area contributed by atoms with Crippen LogP contribution in [0.4, 0.5) is 10.5 Å². The number of pyridine rings is 2. The summed E-state index contributed by atoms with van der Waals surface area (Å²) in [6, 6.07) is 10.8. The first-order valence-corrected chi connectivity index (χ1v) is 14.0. The van der Waals surface area contributed by atoms with Crippen LogP contribution >= 0.6 is 0 Å². The lowest BCUT2D eigenvalue weighted by Crippen LogP contribution is -2.37. The molecule has 0 spiro atoms. The molecule has 0 saturated carbocycles. The van der Waals surface area contributed by atoms with Gasteiger partial charge in [0.05, 0.1) is 13.2 Å². The molecule has 2 aliphatic heterocycles. The molecule has 0 aliphatic carbocycles. The van der Waals surface area contributed by atoms with Crippen molar-refractivity contribution in [3.05, 3.63) is 71.2 Å². The Balaban J connectivity index is 1.44. The van der Waals surface area contributed by atoms with E-state index in [1.54, 1.807) is 13.3 Å². The van der Waals surface area contributed by atoms with Crippen LogP contribution in [-0.4, -0.2) is 51.7 Å². The second-order valence-electron chi connectivity index (χ2n) is 11.9. The lowest BCUT2D eigenvalue weighted by molar-refractivity contribution is 0.0224. The Labute approximate surface area is 235 Å². The van der Waals surface area contributed by atoms with Crippen molar-refractivity contribution in [2.75, 3.05) is 25.1 Å². The number of amides is 1. The highest BCUT2D eigenvalue weighted by Gasteiger charge is 2.36. The molecule has 1 saturated heterocycles. The first kappa shape index (κ1) is 26.2. The van der Waals surface area contributed by atoms with Crippen LogP contribution in [0.2, 0.25) is 0 Å². The number of hydrogen-bond donors (Lipinski definition) is 1. The highest BCUT2D eigenvalue weighted by molar-refractivity contribution is 5.84. The molecule has 40 heavy (non-hydrogen) atoms. The molecule has 1 fully saturated rings. The molecule has 3 aromatic heterocycles. The van der Waals surface area contributed by atoms with Gasteiger partial charge in [0, 0.05) is 60.9 Å². The molecule has 208 valence electrons. The highest BCUT2D eigenvalue weighted by atomic mass is 16.6. The van der Waals surface area contributed by atoms with Crippen molar-refractivity contribution in [2.45, 2.75) is 65.1 Å². The van der Waals surface area contributed by atoms with E-state index in [-0.39, 0.29) is 12.1 Å². The van der Waals surface area contributed by atoms with Gasteiger partial charge in [-0.25, -0.2) is 14.8 Å². The van der Waals surface area contributed by atoms with Crippen LogP contribution in [0, 0.1) is 6.92 Å². The van der Waals surface area contributed by atoms with Crippen molar-refractivity contribution in [3.63, 3.8) is 0 Å². The zero-order valence-electron chi connectivity index (χ0n) is 24.0. The topological polar surface area (TPSA) is 83.6 Å². The minimum absolute atomic E-state index is 0.0406. The molecule has 8 nitrogen and oxygen atoms in total. The summed E-state index contributed by atoms with van der Waals surface area (Å²) in [5.41, 5.74) is 8.66. The number of anilines is 1. The normalized spacial score (nSPS) is 17.3. The van der Waals surface area contributed by atoms with Crippen molar-refractivity contribution in [1.29, 1.82) is 0 Å². The third-order valence-corrected chi connectivity index (χ3v) is 7.98. The average molecular weight is 540 g/mol. The van der Waals surface area contributed by atoms with Crippen molar-refractivity contribution in [2.24, 2.45) is 0 Å². The van der Waals surface area contributed by atoms with Gasteiger partial charge in [-0.1, -0.05) is 6.07 Å². The maximum Gasteiger partial charge on any atom is 0.410 e.